The summed E-state index contributed by atoms with van der Waals surface area (Å²) in [5.74, 6) is -0.722. The SMILES string of the molecule is CC(NC1CCCN(C(C)C)CC1)c1cc(F)ccc1F. The zero-order valence-corrected chi connectivity index (χ0v) is 13.2. The van der Waals surface area contributed by atoms with Gasteiger partial charge in [-0.1, -0.05) is 0 Å². The lowest BCUT2D eigenvalue weighted by atomic mass is 10.0. The second-order valence-corrected chi connectivity index (χ2v) is 6.31. The van der Waals surface area contributed by atoms with Gasteiger partial charge in [0.25, 0.3) is 0 Å². The average molecular weight is 296 g/mol. The van der Waals surface area contributed by atoms with Crippen molar-refractivity contribution in [1.29, 1.82) is 0 Å². The van der Waals surface area contributed by atoms with Crippen molar-refractivity contribution in [3.63, 3.8) is 0 Å². The molecule has 2 nitrogen and oxygen atoms in total. The molecule has 1 saturated heterocycles. The van der Waals surface area contributed by atoms with Crippen molar-refractivity contribution in [3.8, 4) is 0 Å². The fourth-order valence-electron chi connectivity index (χ4n) is 3.09. The molecule has 0 aliphatic carbocycles. The lowest BCUT2D eigenvalue weighted by Gasteiger charge is -2.25. The van der Waals surface area contributed by atoms with Crippen LogP contribution in [0.4, 0.5) is 8.78 Å². The molecular formula is C17H26F2N2. The molecular weight excluding hydrogens is 270 g/mol. The Morgan fingerprint density at radius 2 is 1.90 bits per heavy atom. The monoisotopic (exact) mass is 296 g/mol. The van der Waals surface area contributed by atoms with Crippen molar-refractivity contribution in [2.75, 3.05) is 13.1 Å². The van der Waals surface area contributed by atoms with Crippen LogP contribution in [0.15, 0.2) is 18.2 Å². The lowest BCUT2D eigenvalue weighted by molar-refractivity contribution is 0.228. The number of hydrogen-bond donors (Lipinski definition) is 1. The summed E-state index contributed by atoms with van der Waals surface area (Å²) >= 11 is 0. The maximum atomic E-state index is 13.8. The molecule has 1 heterocycles. The van der Waals surface area contributed by atoms with Gasteiger partial charge in [-0.25, -0.2) is 8.78 Å². The van der Waals surface area contributed by atoms with Gasteiger partial charge in [-0.05, 0) is 71.3 Å². The maximum absolute atomic E-state index is 13.8. The first kappa shape index (κ1) is 16.4. The van der Waals surface area contributed by atoms with Crippen LogP contribution >= 0.6 is 0 Å². The quantitative estimate of drug-likeness (QED) is 0.907. The second kappa shape index (κ2) is 7.32. The minimum Gasteiger partial charge on any atom is -0.307 e. The molecule has 2 atom stereocenters. The van der Waals surface area contributed by atoms with Gasteiger partial charge >= 0.3 is 0 Å². The highest BCUT2D eigenvalue weighted by Gasteiger charge is 2.21. The Bertz CT molecular complexity index is 462. The smallest absolute Gasteiger partial charge is 0.128 e. The second-order valence-electron chi connectivity index (χ2n) is 6.31. The van der Waals surface area contributed by atoms with E-state index >= 15 is 0 Å². The van der Waals surface area contributed by atoms with E-state index in [-0.39, 0.29) is 17.7 Å². The topological polar surface area (TPSA) is 15.3 Å². The van der Waals surface area contributed by atoms with Crippen LogP contribution in [0.1, 0.15) is 51.6 Å². The van der Waals surface area contributed by atoms with Gasteiger partial charge in [0.15, 0.2) is 0 Å². The number of likely N-dealkylation sites (tertiary alicyclic amines) is 1. The zero-order valence-electron chi connectivity index (χ0n) is 13.2. The van der Waals surface area contributed by atoms with Crippen LogP contribution in [0.3, 0.4) is 0 Å². The van der Waals surface area contributed by atoms with E-state index in [9.17, 15) is 8.78 Å². The maximum Gasteiger partial charge on any atom is 0.128 e. The Morgan fingerprint density at radius 1 is 1.14 bits per heavy atom. The fourth-order valence-corrected chi connectivity index (χ4v) is 3.09. The van der Waals surface area contributed by atoms with E-state index in [0.717, 1.165) is 38.4 Å². The summed E-state index contributed by atoms with van der Waals surface area (Å²) in [5.41, 5.74) is 0.417. The number of nitrogens with zero attached hydrogens (tertiary/aromatic N) is 1. The summed E-state index contributed by atoms with van der Waals surface area (Å²) in [6, 6.07) is 4.43. The number of hydrogen-bond acceptors (Lipinski definition) is 2. The Morgan fingerprint density at radius 3 is 2.62 bits per heavy atom. The minimum absolute atomic E-state index is 0.170. The van der Waals surface area contributed by atoms with E-state index in [4.69, 9.17) is 0 Å². The molecule has 0 saturated carbocycles. The van der Waals surface area contributed by atoms with Gasteiger partial charge in [0.1, 0.15) is 11.6 Å². The molecule has 0 bridgehead atoms. The third-order valence-electron chi connectivity index (χ3n) is 4.40. The summed E-state index contributed by atoms with van der Waals surface area (Å²) < 4.78 is 27.1. The number of nitrogens with one attached hydrogen (secondary N) is 1. The van der Waals surface area contributed by atoms with Crippen LogP contribution in [-0.4, -0.2) is 30.1 Å². The van der Waals surface area contributed by atoms with Crippen molar-refractivity contribution in [3.05, 3.63) is 35.4 Å². The molecule has 0 amide bonds. The number of halogens is 2. The van der Waals surface area contributed by atoms with Crippen LogP contribution in [-0.2, 0) is 0 Å². The summed E-state index contributed by atoms with van der Waals surface area (Å²) in [7, 11) is 0. The van der Waals surface area contributed by atoms with Crippen molar-refractivity contribution < 1.29 is 8.78 Å². The molecule has 21 heavy (non-hydrogen) atoms. The Hall–Kier alpha value is -1.00. The van der Waals surface area contributed by atoms with E-state index in [0.29, 0.717) is 17.6 Å². The van der Waals surface area contributed by atoms with E-state index in [1.54, 1.807) is 0 Å². The summed E-state index contributed by atoms with van der Waals surface area (Å²) in [6.45, 7) is 8.53. The van der Waals surface area contributed by atoms with Crippen molar-refractivity contribution in [2.45, 2.75) is 58.2 Å². The molecule has 0 aromatic heterocycles. The molecule has 0 spiro atoms. The van der Waals surface area contributed by atoms with Crippen LogP contribution < -0.4 is 5.32 Å². The zero-order chi connectivity index (χ0) is 15.4. The van der Waals surface area contributed by atoms with Crippen LogP contribution in [0, 0.1) is 11.6 Å². The van der Waals surface area contributed by atoms with Crippen molar-refractivity contribution in [2.24, 2.45) is 0 Å². The molecule has 1 aliphatic rings. The molecule has 1 aromatic rings. The Kier molecular flexibility index (Phi) is 5.71. The third-order valence-corrected chi connectivity index (χ3v) is 4.40. The van der Waals surface area contributed by atoms with Crippen LogP contribution in [0.2, 0.25) is 0 Å². The first-order valence-electron chi connectivity index (χ1n) is 7.92. The van der Waals surface area contributed by atoms with Gasteiger partial charge in [-0.2, -0.15) is 0 Å². The molecule has 0 radical (unpaired) electrons. The fraction of sp³-hybridized carbons (Fsp3) is 0.647. The molecule has 1 aliphatic heterocycles. The predicted octanol–water partition coefficient (Wildman–Crippen LogP) is 3.88. The van der Waals surface area contributed by atoms with Crippen molar-refractivity contribution >= 4 is 0 Å². The highest BCUT2D eigenvalue weighted by molar-refractivity contribution is 5.22. The Labute approximate surface area is 126 Å². The molecule has 1 fully saturated rings. The van der Waals surface area contributed by atoms with E-state index in [2.05, 4.69) is 24.1 Å². The van der Waals surface area contributed by atoms with Gasteiger partial charge in [0.05, 0.1) is 0 Å². The molecule has 1 N–H and O–H groups in total. The lowest BCUT2D eigenvalue weighted by Crippen LogP contribution is -2.35. The predicted molar refractivity (Wildman–Crippen MR) is 82.3 cm³/mol. The van der Waals surface area contributed by atoms with Gasteiger partial charge < -0.3 is 10.2 Å². The molecule has 1 aromatic carbocycles. The van der Waals surface area contributed by atoms with Gasteiger partial charge in [-0.15, -0.1) is 0 Å². The molecule has 2 unspecified atom stereocenters. The normalized spacial score (nSPS) is 22.3. The first-order chi connectivity index (χ1) is 9.97. The van der Waals surface area contributed by atoms with Crippen LogP contribution in [0.25, 0.3) is 0 Å². The first-order valence-corrected chi connectivity index (χ1v) is 7.92. The van der Waals surface area contributed by atoms with E-state index in [1.807, 2.05) is 6.92 Å². The molecule has 4 heteroatoms. The van der Waals surface area contributed by atoms with E-state index in [1.165, 1.54) is 12.1 Å². The average Bonchev–Trinajstić information content (AvgIpc) is 2.67. The largest absolute Gasteiger partial charge is 0.307 e. The van der Waals surface area contributed by atoms with Crippen LogP contribution in [0.5, 0.6) is 0 Å². The summed E-state index contributed by atoms with van der Waals surface area (Å²) in [5, 5.41) is 3.47. The standard InChI is InChI=1S/C17H26F2N2/c1-12(2)21-9-4-5-15(8-10-21)20-13(3)16-11-14(18)6-7-17(16)19/h6-7,11-13,15,20H,4-5,8-10H2,1-3H3. The third kappa shape index (κ3) is 4.48. The van der Waals surface area contributed by atoms with Gasteiger partial charge in [-0.3, -0.25) is 0 Å². The summed E-state index contributed by atoms with van der Waals surface area (Å²) in [6.07, 6.45) is 3.29. The highest BCUT2D eigenvalue weighted by Crippen LogP contribution is 2.21. The van der Waals surface area contributed by atoms with Gasteiger partial charge in [0.2, 0.25) is 0 Å². The van der Waals surface area contributed by atoms with Crippen molar-refractivity contribution in [1.82, 2.24) is 10.2 Å². The summed E-state index contributed by atoms with van der Waals surface area (Å²) in [4.78, 5) is 2.48. The Balaban J connectivity index is 1.96. The molecule has 2 rings (SSSR count). The number of rotatable bonds is 4. The minimum atomic E-state index is -0.383. The van der Waals surface area contributed by atoms with Gasteiger partial charge in [0, 0.05) is 23.7 Å². The van der Waals surface area contributed by atoms with E-state index < -0.39 is 0 Å². The molecule has 118 valence electrons. The number of benzene rings is 1. The highest BCUT2D eigenvalue weighted by atomic mass is 19.1.